The number of aromatic nitrogens is 3. The van der Waals surface area contributed by atoms with E-state index in [-0.39, 0.29) is 17.1 Å². The average Bonchev–Trinajstić information content (AvgIpc) is 3.28. The molecule has 0 fully saturated rings. The van der Waals surface area contributed by atoms with Gasteiger partial charge in [0.15, 0.2) is 5.71 Å². The first kappa shape index (κ1) is 22.2. The number of fused-ring (bicyclic) bond motifs is 5. The van der Waals surface area contributed by atoms with Gasteiger partial charge in [0.25, 0.3) is 5.70 Å². The molecule has 0 radical (unpaired) electrons. The van der Waals surface area contributed by atoms with Crippen LogP contribution in [0.2, 0.25) is 0 Å². The minimum atomic E-state index is -0.118. The van der Waals surface area contributed by atoms with Gasteiger partial charge < -0.3 is 0 Å². The van der Waals surface area contributed by atoms with E-state index < -0.39 is 0 Å². The molecule has 0 spiro atoms. The predicted octanol–water partition coefficient (Wildman–Crippen LogP) is 5.02. The molecule has 0 aliphatic heterocycles. The number of nitrogens with zero attached hydrogens (tertiary/aromatic N) is 9. The number of benzene rings is 2. The summed E-state index contributed by atoms with van der Waals surface area (Å²) < 4.78 is 0. The lowest BCUT2D eigenvalue weighted by Gasteiger charge is -2.21. The monoisotopic (exact) mass is 485 g/mol. The Balaban J connectivity index is 1.69. The highest BCUT2D eigenvalue weighted by molar-refractivity contribution is 6.31. The van der Waals surface area contributed by atoms with E-state index in [2.05, 4.69) is 24.9 Å². The zero-order valence-electron chi connectivity index (χ0n) is 19.4. The number of hydrogen-bond acceptors (Lipinski definition) is 7. The molecular formula is C29H11N9. The summed E-state index contributed by atoms with van der Waals surface area (Å²) >= 11 is 0. The molecule has 9 nitrogen and oxygen atoms in total. The van der Waals surface area contributed by atoms with Gasteiger partial charge in [0, 0.05) is 34.0 Å². The van der Waals surface area contributed by atoms with Crippen molar-refractivity contribution in [1.82, 2.24) is 15.0 Å². The van der Waals surface area contributed by atoms with Crippen molar-refractivity contribution >= 4 is 17.0 Å². The fourth-order valence-electron chi connectivity index (χ4n) is 4.75. The molecule has 2 aliphatic rings. The molecule has 9 heteroatoms. The van der Waals surface area contributed by atoms with Gasteiger partial charge >= 0.3 is 0 Å². The summed E-state index contributed by atoms with van der Waals surface area (Å²) in [5.41, 5.74) is 6.15. The Hall–Kier alpha value is -6.29. The van der Waals surface area contributed by atoms with Crippen molar-refractivity contribution in [1.29, 1.82) is 10.5 Å². The van der Waals surface area contributed by atoms with E-state index in [1.54, 1.807) is 12.3 Å². The average molecular weight is 485 g/mol. The standard InChI is InChI=1S/C29H11N9/c1-32-22(14-30)23-17-7-3-4-8-18(17)25-27(23)37-28-24(35-15-31)20-13-16(21-9-5-6-12-34-21)10-11-19(20)26(38-33-2)29(28)36-25/h3-13H/b23-22+,35-24?,38-26-. The van der Waals surface area contributed by atoms with Crippen LogP contribution in [-0.2, 0) is 0 Å². The third-order valence-corrected chi connectivity index (χ3v) is 6.29. The molecule has 2 aromatic heterocycles. The number of rotatable bonds is 1. The van der Waals surface area contributed by atoms with Crippen molar-refractivity contribution in [2.24, 2.45) is 10.1 Å². The third kappa shape index (κ3) is 3.18. The number of allylic oxidation sites excluding steroid dienone is 1. The minimum absolute atomic E-state index is 0.118. The molecule has 172 valence electrons. The summed E-state index contributed by atoms with van der Waals surface area (Å²) in [6.07, 6.45) is 3.54. The van der Waals surface area contributed by atoms with Crippen LogP contribution < -0.4 is 0 Å². The largest absolute Gasteiger partial charge is 0.271 e. The lowest BCUT2D eigenvalue weighted by atomic mass is 9.86. The van der Waals surface area contributed by atoms with Crippen LogP contribution in [0, 0.1) is 35.9 Å². The summed E-state index contributed by atoms with van der Waals surface area (Å²) in [5, 5.41) is 23.4. The zero-order chi connectivity index (χ0) is 26.2. The Bertz CT molecular complexity index is 1940. The van der Waals surface area contributed by atoms with Crippen LogP contribution in [0.3, 0.4) is 0 Å². The Labute approximate surface area is 216 Å². The van der Waals surface area contributed by atoms with Gasteiger partial charge in [-0.2, -0.15) is 16.8 Å². The molecule has 0 saturated heterocycles. The van der Waals surface area contributed by atoms with E-state index in [0.29, 0.717) is 50.6 Å². The van der Waals surface area contributed by atoms with Gasteiger partial charge in [-0.05, 0) is 23.8 Å². The molecule has 0 unspecified atom stereocenters. The molecule has 6 rings (SSSR count). The molecule has 4 aromatic rings. The second kappa shape index (κ2) is 8.73. The van der Waals surface area contributed by atoms with Crippen molar-refractivity contribution in [2.45, 2.75) is 0 Å². The third-order valence-electron chi connectivity index (χ3n) is 6.29. The van der Waals surface area contributed by atoms with Crippen LogP contribution in [0.4, 0.5) is 0 Å². The normalized spacial score (nSPS) is 15.7. The van der Waals surface area contributed by atoms with Gasteiger partial charge in [-0.3, -0.25) is 4.98 Å². The van der Waals surface area contributed by atoms with Crippen LogP contribution in [0.25, 0.3) is 37.9 Å². The molecule has 0 bridgehead atoms. The smallest absolute Gasteiger partial charge is 0.256 e. The lowest BCUT2D eigenvalue weighted by molar-refractivity contribution is 1.13. The molecular weight excluding hydrogens is 474 g/mol. The highest BCUT2D eigenvalue weighted by atomic mass is 15.2. The van der Waals surface area contributed by atoms with Gasteiger partial charge in [-0.15, -0.1) is 4.95 Å². The minimum Gasteiger partial charge on any atom is -0.256 e. The van der Waals surface area contributed by atoms with E-state index in [1.165, 1.54) is 0 Å². The van der Waals surface area contributed by atoms with Crippen molar-refractivity contribution in [3.63, 3.8) is 0 Å². The highest BCUT2D eigenvalue weighted by Crippen LogP contribution is 2.45. The number of nitriles is 2. The summed E-state index contributed by atoms with van der Waals surface area (Å²) in [6.45, 7) is 15.0. The Kier molecular flexibility index (Phi) is 5.10. The number of hydrogen-bond donors (Lipinski definition) is 0. The molecule has 2 heterocycles. The topological polar surface area (TPSA) is 120 Å². The van der Waals surface area contributed by atoms with E-state index in [1.807, 2.05) is 66.9 Å². The number of pyridine rings is 1. The van der Waals surface area contributed by atoms with E-state index in [9.17, 15) is 10.5 Å². The quantitative estimate of drug-likeness (QED) is 0.140. The van der Waals surface area contributed by atoms with E-state index in [4.69, 9.17) is 23.1 Å². The molecule has 0 N–H and O–H groups in total. The van der Waals surface area contributed by atoms with Crippen LogP contribution >= 0.6 is 0 Å². The van der Waals surface area contributed by atoms with Gasteiger partial charge in [-0.25, -0.2) is 20.1 Å². The maximum Gasteiger partial charge on any atom is 0.271 e. The highest BCUT2D eigenvalue weighted by Gasteiger charge is 2.37. The van der Waals surface area contributed by atoms with E-state index in [0.717, 1.165) is 11.3 Å². The second-order valence-electron chi connectivity index (χ2n) is 8.20. The van der Waals surface area contributed by atoms with Crippen molar-refractivity contribution < 1.29 is 0 Å². The SMILES string of the molecule is [C-]#[N+]/N=C1/c2ccc(-c3ccccn3)cc2C(=NC#N)c2nc3c(nc21)-c1ccccc1/C3=C(/C#N)[N+]#[C-]. The Morgan fingerprint density at radius 2 is 1.55 bits per heavy atom. The van der Waals surface area contributed by atoms with Gasteiger partial charge in [0.1, 0.15) is 17.1 Å². The maximum atomic E-state index is 9.70. The fourth-order valence-corrected chi connectivity index (χ4v) is 4.75. The molecule has 38 heavy (non-hydrogen) atoms. The first-order valence-corrected chi connectivity index (χ1v) is 11.2. The Morgan fingerprint density at radius 1 is 0.789 bits per heavy atom. The molecule has 2 aromatic carbocycles. The predicted molar refractivity (Wildman–Crippen MR) is 139 cm³/mol. The summed E-state index contributed by atoms with van der Waals surface area (Å²) in [5.74, 6) is 0. The Morgan fingerprint density at radius 3 is 2.26 bits per heavy atom. The van der Waals surface area contributed by atoms with Crippen molar-refractivity contribution in [3.8, 4) is 34.8 Å². The number of aliphatic imine (C=N–C) groups is 1. The lowest BCUT2D eigenvalue weighted by Crippen LogP contribution is -2.26. The zero-order valence-corrected chi connectivity index (χ0v) is 19.4. The van der Waals surface area contributed by atoms with Crippen LogP contribution in [0.15, 0.2) is 82.7 Å². The second-order valence-corrected chi connectivity index (χ2v) is 8.20. The van der Waals surface area contributed by atoms with Crippen LogP contribution in [0.1, 0.15) is 33.8 Å². The van der Waals surface area contributed by atoms with Gasteiger partial charge in [0.05, 0.1) is 34.8 Å². The molecule has 0 amide bonds. The fraction of sp³-hybridized carbons (Fsp3) is 0. The molecule has 0 saturated carbocycles. The summed E-state index contributed by atoms with van der Waals surface area (Å²) in [7, 11) is 0. The molecule has 0 atom stereocenters. The van der Waals surface area contributed by atoms with Crippen molar-refractivity contribution in [3.05, 3.63) is 129 Å². The first-order valence-electron chi connectivity index (χ1n) is 11.2. The first-order chi connectivity index (χ1) is 18.7. The van der Waals surface area contributed by atoms with Crippen LogP contribution in [0.5, 0.6) is 0 Å². The van der Waals surface area contributed by atoms with Gasteiger partial charge in [0.2, 0.25) is 6.19 Å². The summed E-state index contributed by atoms with van der Waals surface area (Å²) in [4.78, 5) is 24.9. The van der Waals surface area contributed by atoms with E-state index >= 15 is 0 Å². The van der Waals surface area contributed by atoms with Crippen molar-refractivity contribution in [2.75, 3.05) is 0 Å². The summed E-state index contributed by atoms with van der Waals surface area (Å²) in [6, 6.07) is 20.3. The van der Waals surface area contributed by atoms with Crippen LogP contribution in [-0.4, -0.2) is 26.4 Å². The maximum absolute atomic E-state index is 9.70. The van der Waals surface area contributed by atoms with Gasteiger partial charge in [-0.1, -0.05) is 42.5 Å². The molecule has 2 aliphatic carbocycles.